The van der Waals surface area contributed by atoms with E-state index in [0.29, 0.717) is 5.92 Å². The Hall–Kier alpha value is -2.59. The molecule has 30 heavy (non-hydrogen) atoms. The molecular formula is C26H27NO2S. The number of hydrogen-bond acceptors (Lipinski definition) is 3. The van der Waals surface area contributed by atoms with Gasteiger partial charge < -0.3 is 9.64 Å². The molecule has 1 saturated heterocycles. The third-order valence-corrected chi connectivity index (χ3v) is 7.71. The molecule has 0 spiro atoms. The van der Waals surface area contributed by atoms with Crippen molar-refractivity contribution in [2.24, 2.45) is 5.92 Å². The number of likely N-dealkylation sites (tertiary alicyclic amines) is 1. The summed E-state index contributed by atoms with van der Waals surface area (Å²) in [5, 5.41) is 0. The quantitative estimate of drug-likeness (QED) is 0.552. The molecule has 154 valence electrons. The van der Waals surface area contributed by atoms with E-state index in [1.54, 1.807) is 18.4 Å². The van der Waals surface area contributed by atoms with E-state index in [0.717, 1.165) is 55.8 Å². The van der Waals surface area contributed by atoms with Crippen molar-refractivity contribution in [3.05, 3.63) is 76.2 Å². The highest BCUT2D eigenvalue weighted by atomic mass is 32.1. The molecule has 0 atom stereocenters. The Morgan fingerprint density at radius 1 is 1.03 bits per heavy atom. The number of ether oxygens (including phenoxy) is 1. The number of carbonyl (C=O) groups is 1. The van der Waals surface area contributed by atoms with E-state index >= 15 is 0 Å². The fourth-order valence-electron chi connectivity index (χ4n) is 4.77. The van der Waals surface area contributed by atoms with Crippen molar-refractivity contribution in [2.75, 3.05) is 20.2 Å². The summed E-state index contributed by atoms with van der Waals surface area (Å²) in [7, 11) is 1.70. The molecule has 1 aliphatic carbocycles. The number of carbonyl (C=O) groups excluding carboxylic acids is 1. The van der Waals surface area contributed by atoms with Crippen molar-refractivity contribution in [3.8, 4) is 16.2 Å². The summed E-state index contributed by atoms with van der Waals surface area (Å²) >= 11 is 1.66. The van der Waals surface area contributed by atoms with Gasteiger partial charge in [0.2, 0.25) is 0 Å². The number of amides is 1. The summed E-state index contributed by atoms with van der Waals surface area (Å²) in [4.78, 5) is 17.4. The Kier molecular flexibility index (Phi) is 5.34. The highest BCUT2D eigenvalue weighted by Gasteiger charge is 2.27. The molecule has 1 aliphatic heterocycles. The monoisotopic (exact) mass is 417 g/mol. The summed E-state index contributed by atoms with van der Waals surface area (Å²) < 4.78 is 5.43. The molecule has 3 nitrogen and oxygen atoms in total. The summed E-state index contributed by atoms with van der Waals surface area (Å²) in [5.74, 6) is 1.76. The fourth-order valence-corrected chi connectivity index (χ4v) is 6.00. The second-order valence-corrected chi connectivity index (χ2v) is 9.47. The van der Waals surface area contributed by atoms with Crippen LogP contribution in [0.5, 0.6) is 5.75 Å². The maximum Gasteiger partial charge on any atom is 0.263 e. The number of hydrogen-bond donors (Lipinski definition) is 0. The fraction of sp³-hybridized carbons (Fsp3) is 0.346. The molecule has 2 aliphatic rings. The number of nitrogens with zero attached hydrogens (tertiary/aromatic N) is 1. The Morgan fingerprint density at radius 2 is 1.80 bits per heavy atom. The standard InChI is InChI=1S/C26H27NO2S/c1-29-22-10-9-20-7-8-21-16-24(30-25(21)23(20)17-22)26(28)27-13-11-19(12-14-27)15-18-5-3-2-4-6-18/h2-6,9-10,16-17,19H,7-8,11-15H2,1H3. The van der Waals surface area contributed by atoms with Gasteiger partial charge >= 0.3 is 0 Å². The van der Waals surface area contributed by atoms with Gasteiger partial charge in [0.25, 0.3) is 5.91 Å². The van der Waals surface area contributed by atoms with E-state index in [1.807, 2.05) is 6.07 Å². The minimum atomic E-state index is 0.206. The molecule has 3 aromatic rings. The summed E-state index contributed by atoms with van der Waals surface area (Å²) in [6.07, 6.45) is 5.34. The van der Waals surface area contributed by atoms with Crippen LogP contribution in [0.15, 0.2) is 54.6 Å². The molecule has 2 heterocycles. The van der Waals surface area contributed by atoms with Crippen LogP contribution in [0, 0.1) is 5.92 Å². The first-order chi connectivity index (χ1) is 14.7. The first-order valence-electron chi connectivity index (χ1n) is 10.8. The van der Waals surface area contributed by atoms with Gasteiger partial charge in [0.05, 0.1) is 12.0 Å². The molecule has 5 rings (SSSR count). The number of aryl methyl sites for hydroxylation is 2. The lowest BCUT2D eigenvalue weighted by atomic mass is 9.90. The van der Waals surface area contributed by atoms with Crippen molar-refractivity contribution in [3.63, 3.8) is 0 Å². The normalized spacial score (nSPS) is 16.1. The van der Waals surface area contributed by atoms with Gasteiger partial charge in [-0.15, -0.1) is 11.3 Å². The van der Waals surface area contributed by atoms with Gasteiger partial charge in [-0.3, -0.25) is 4.79 Å². The maximum absolute atomic E-state index is 13.2. The number of piperidine rings is 1. The van der Waals surface area contributed by atoms with Gasteiger partial charge in [0.1, 0.15) is 5.75 Å². The predicted octanol–water partition coefficient (Wildman–Crippen LogP) is 5.62. The summed E-state index contributed by atoms with van der Waals surface area (Å²) in [6, 6.07) is 19.2. The van der Waals surface area contributed by atoms with Gasteiger partial charge in [-0.25, -0.2) is 0 Å². The topological polar surface area (TPSA) is 29.5 Å². The second kappa shape index (κ2) is 8.27. The number of benzene rings is 2. The Labute approximate surface area is 182 Å². The lowest BCUT2D eigenvalue weighted by Crippen LogP contribution is -2.38. The van der Waals surface area contributed by atoms with Gasteiger partial charge in [0, 0.05) is 18.0 Å². The van der Waals surface area contributed by atoms with Crippen LogP contribution in [-0.4, -0.2) is 31.0 Å². The number of rotatable bonds is 4. The number of methoxy groups -OCH3 is 1. The molecule has 1 aromatic heterocycles. The average Bonchev–Trinajstić information content (AvgIpc) is 3.24. The van der Waals surface area contributed by atoms with Crippen LogP contribution in [0.1, 0.15) is 39.2 Å². The third kappa shape index (κ3) is 3.77. The number of thiophene rings is 1. The van der Waals surface area contributed by atoms with E-state index < -0.39 is 0 Å². The Morgan fingerprint density at radius 3 is 2.57 bits per heavy atom. The molecule has 4 heteroatoms. The first-order valence-corrected chi connectivity index (χ1v) is 11.7. The van der Waals surface area contributed by atoms with Gasteiger partial charge in [0.15, 0.2) is 0 Å². The summed E-state index contributed by atoms with van der Waals surface area (Å²) in [5.41, 5.74) is 5.30. The van der Waals surface area contributed by atoms with Crippen molar-refractivity contribution < 1.29 is 9.53 Å². The van der Waals surface area contributed by atoms with E-state index in [9.17, 15) is 4.79 Å². The molecule has 0 bridgehead atoms. The third-order valence-electron chi connectivity index (χ3n) is 6.51. The van der Waals surface area contributed by atoms with Gasteiger partial charge in [-0.1, -0.05) is 36.4 Å². The van der Waals surface area contributed by atoms with Crippen molar-refractivity contribution >= 4 is 17.2 Å². The van der Waals surface area contributed by atoms with Crippen LogP contribution in [0.2, 0.25) is 0 Å². The molecule has 1 amide bonds. The maximum atomic E-state index is 13.2. The van der Waals surface area contributed by atoms with E-state index in [4.69, 9.17) is 4.74 Å². The van der Waals surface area contributed by atoms with Crippen LogP contribution in [0.4, 0.5) is 0 Å². The highest BCUT2D eigenvalue weighted by molar-refractivity contribution is 7.17. The number of fused-ring (bicyclic) bond motifs is 3. The van der Waals surface area contributed by atoms with Crippen molar-refractivity contribution in [1.82, 2.24) is 4.90 Å². The van der Waals surface area contributed by atoms with Crippen LogP contribution >= 0.6 is 11.3 Å². The van der Waals surface area contributed by atoms with Crippen molar-refractivity contribution in [1.29, 1.82) is 0 Å². The van der Waals surface area contributed by atoms with Crippen LogP contribution < -0.4 is 4.74 Å². The zero-order valence-electron chi connectivity index (χ0n) is 17.4. The minimum Gasteiger partial charge on any atom is -0.497 e. The van der Waals surface area contributed by atoms with Gasteiger partial charge in [-0.2, -0.15) is 0 Å². The molecule has 1 fully saturated rings. The SMILES string of the molecule is COc1ccc2c(c1)-c1sc(C(=O)N3CCC(Cc4ccccc4)CC3)cc1CC2. The van der Waals surface area contributed by atoms with Crippen LogP contribution in [0.25, 0.3) is 10.4 Å². The molecule has 0 saturated carbocycles. The van der Waals surface area contributed by atoms with E-state index in [-0.39, 0.29) is 5.91 Å². The van der Waals surface area contributed by atoms with E-state index in [1.165, 1.54) is 27.1 Å². The molecular weight excluding hydrogens is 390 g/mol. The first kappa shape index (κ1) is 19.4. The average molecular weight is 418 g/mol. The Bertz CT molecular complexity index is 1050. The largest absolute Gasteiger partial charge is 0.497 e. The van der Waals surface area contributed by atoms with Crippen molar-refractivity contribution in [2.45, 2.75) is 32.1 Å². The molecule has 2 aromatic carbocycles. The second-order valence-electron chi connectivity index (χ2n) is 8.41. The lowest BCUT2D eigenvalue weighted by molar-refractivity contribution is 0.0695. The molecule has 0 N–H and O–H groups in total. The Balaban J connectivity index is 1.28. The van der Waals surface area contributed by atoms with Crippen LogP contribution in [0.3, 0.4) is 0 Å². The lowest BCUT2D eigenvalue weighted by Gasteiger charge is -2.31. The van der Waals surface area contributed by atoms with Crippen LogP contribution in [-0.2, 0) is 19.3 Å². The van der Waals surface area contributed by atoms with Gasteiger partial charge in [-0.05, 0) is 78.5 Å². The minimum absolute atomic E-state index is 0.206. The molecule has 0 unspecified atom stereocenters. The van der Waals surface area contributed by atoms with E-state index in [2.05, 4.69) is 53.4 Å². The highest BCUT2D eigenvalue weighted by Crippen LogP contribution is 2.41. The molecule has 0 radical (unpaired) electrons. The smallest absolute Gasteiger partial charge is 0.263 e. The zero-order chi connectivity index (χ0) is 20.5. The zero-order valence-corrected chi connectivity index (χ0v) is 18.2. The predicted molar refractivity (Wildman–Crippen MR) is 122 cm³/mol. The summed E-state index contributed by atoms with van der Waals surface area (Å²) in [6.45, 7) is 1.73.